The van der Waals surface area contributed by atoms with E-state index in [0.717, 1.165) is 60.9 Å². The second-order valence-electron chi connectivity index (χ2n) is 7.58. The van der Waals surface area contributed by atoms with Crippen LogP contribution in [0.5, 0.6) is 0 Å². The van der Waals surface area contributed by atoms with Crippen LogP contribution >= 0.6 is 0 Å². The fourth-order valence-electron chi connectivity index (χ4n) is 4.76. The van der Waals surface area contributed by atoms with Crippen LogP contribution in [0.3, 0.4) is 0 Å². The van der Waals surface area contributed by atoms with Crippen molar-refractivity contribution in [3.05, 3.63) is 52.8 Å². The van der Waals surface area contributed by atoms with Crippen molar-refractivity contribution in [1.29, 1.82) is 5.26 Å². The number of nitriles is 1. The summed E-state index contributed by atoms with van der Waals surface area (Å²) in [5, 5.41) is 10.2. The predicted molar refractivity (Wildman–Crippen MR) is 103 cm³/mol. The number of pyridine rings is 1. The van der Waals surface area contributed by atoms with Gasteiger partial charge in [0.05, 0.1) is 11.3 Å². The molecule has 1 heterocycles. The standard InChI is InChI=1S/C23H26N2O/c1-26-23(14-8-9-15-23)22-19(16-24)21(17-10-4-2-5-11-17)18-12-6-3-7-13-20(18)25-22/h2,4-5,10-11H,3,6-9,12-15H2,1H3. The number of hydrogen-bond donors (Lipinski definition) is 0. The maximum Gasteiger partial charge on any atom is 0.111 e. The fraction of sp³-hybridized carbons (Fsp3) is 0.478. The van der Waals surface area contributed by atoms with Gasteiger partial charge in [-0.3, -0.25) is 4.98 Å². The van der Waals surface area contributed by atoms with Crippen molar-refractivity contribution >= 4 is 0 Å². The van der Waals surface area contributed by atoms with E-state index in [4.69, 9.17) is 9.72 Å². The minimum Gasteiger partial charge on any atom is -0.372 e. The Labute approximate surface area is 156 Å². The summed E-state index contributed by atoms with van der Waals surface area (Å²) in [7, 11) is 1.78. The molecule has 1 aromatic carbocycles. The van der Waals surface area contributed by atoms with Crippen molar-refractivity contribution < 1.29 is 4.74 Å². The number of rotatable bonds is 3. The summed E-state index contributed by atoms with van der Waals surface area (Å²) in [6, 6.07) is 12.9. The van der Waals surface area contributed by atoms with Crippen LogP contribution < -0.4 is 0 Å². The fourth-order valence-corrected chi connectivity index (χ4v) is 4.76. The smallest absolute Gasteiger partial charge is 0.111 e. The maximum absolute atomic E-state index is 10.2. The zero-order valence-electron chi connectivity index (χ0n) is 15.6. The molecule has 0 radical (unpaired) electrons. The van der Waals surface area contributed by atoms with Gasteiger partial charge in [0.1, 0.15) is 11.7 Å². The van der Waals surface area contributed by atoms with Gasteiger partial charge in [0.2, 0.25) is 0 Å². The highest BCUT2D eigenvalue weighted by Gasteiger charge is 2.41. The van der Waals surface area contributed by atoms with Gasteiger partial charge in [-0.2, -0.15) is 5.26 Å². The lowest BCUT2D eigenvalue weighted by Gasteiger charge is -2.30. The first-order valence-corrected chi connectivity index (χ1v) is 9.86. The molecule has 3 heteroatoms. The van der Waals surface area contributed by atoms with Crippen LogP contribution in [-0.2, 0) is 23.2 Å². The normalized spacial score (nSPS) is 18.8. The lowest BCUT2D eigenvalue weighted by Crippen LogP contribution is -2.28. The molecule has 2 aromatic rings. The molecule has 26 heavy (non-hydrogen) atoms. The van der Waals surface area contributed by atoms with E-state index in [1.807, 2.05) is 6.07 Å². The first-order valence-electron chi connectivity index (χ1n) is 9.86. The largest absolute Gasteiger partial charge is 0.372 e. The molecule has 2 aliphatic rings. The van der Waals surface area contributed by atoms with Crippen molar-refractivity contribution in [2.45, 2.75) is 63.4 Å². The molecule has 0 N–H and O–H groups in total. The SMILES string of the molecule is COC1(c2nc3c(c(-c4ccccc4)c2C#N)CCCCC3)CCCC1. The zero-order valence-corrected chi connectivity index (χ0v) is 15.6. The molecule has 0 bridgehead atoms. The van der Waals surface area contributed by atoms with Crippen molar-refractivity contribution in [2.24, 2.45) is 0 Å². The first-order chi connectivity index (χ1) is 12.8. The van der Waals surface area contributed by atoms with Crippen molar-refractivity contribution in [1.82, 2.24) is 4.98 Å². The third-order valence-corrected chi connectivity index (χ3v) is 6.13. The number of ether oxygens (including phenoxy) is 1. The van der Waals surface area contributed by atoms with Gasteiger partial charge >= 0.3 is 0 Å². The molecule has 0 atom stereocenters. The van der Waals surface area contributed by atoms with Crippen LogP contribution in [0.25, 0.3) is 11.1 Å². The Hall–Kier alpha value is -2.18. The molecule has 0 saturated heterocycles. The highest BCUT2D eigenvalue weighted by atomic mass is 16.5. The number of fused-ring (bicyclic) bond motifs is 1. The van der Waals surface area contributed by atoms with Crippen molar-refractivity contribution in [3.63, 3.8) is 0 Å². The van der Waals surface area contributed by atoms with Gasteiger partial charge < -0.3 is 4.74 Å². The highest BCUT2D eigenvalue weighted by molar-refractivity contribution is 5.76. The molecule has 1 aromatic heterocycles. The summed E-state index contributed by atoms with van der Waals surface area (Å²) in [5.74, 6) is 0. The summed E-state index contributed by atoms with van der Waals surface area (Å²) in [5.41, 5.74) is 5.96. The van der Waals surface area contributed by atoms with Crippen LogP contribution in [0.1, 0.15) is 67.5 Å². The third kappa shape index (κ3) is 2.83. The number of aromatic nitrogens is 1. The number of benzene rings is 1. The maximum atomic E-state index is 10.2. The second-order valence-corrected chi connectivity index (χ2v) is 7.58. The van der Waals surface area contributed by atoms with E-state index in [-0.39, 0.29) is 0 Å². The number of aryl methyl sites for hydroxylation is 1. The quantitative estimate of drug-likeness (QED) is 0.708. The third-order valence-electron chi connectivity index (χ3n) is 6.13. The van der Waals surface area contributed by atoms with Gasteiger partial charge in [-0.25, -0.2) is 0 Å². The summed E-state index contributed by atoms with van der Waals surface area (Å²) in [4.78, 5) is 5.11. The molecule has 134 valence electrons. The highest BCUT2D eigenvalue weighted by Crippen LogP contribution is 2.45. The van der Waals surface area contributed by atoms with Gasteiger partial charge in [-0.1, -0.05) is 49.6 Å². The summed E-state index contributed by atoms with van der Waals surface area (Å²) >= 11 is 0. The van der Waals surface area contributed by atoms with E-state index in [0.29, 0.717) is 0 Å². The monoisotopic (exact) mass is 346 g/mol. The van der Waals surface area contributed by atoms with E-state index >= 15 is 0 Å². The van der Waals surface area contributed by atoms with E-state index in [9.17, 15) is 5.26 Å². The Morgan fingerprint density at radius 3 is 2.42 bits per heavy atom. The molecular weight excluding hydrogens is 320 g/mol. The van der Waals surface area contributed by atoms with E-state index < -0.39 is 5.60 Å². The van der Waals surface area contributed by atoms with Crippen LogP contribution in [0.2, 0.25) is 0 Å². The lowest BCUT2D eigenvalue weighted by molar-refractivity contribution is -0.0127. The van der Waals surface area contributed by atoms with Crippen LogP contribution in [0.4, 0.5) is 0 Å². The molecule has 2 aliphatic carbocycles. The molecule has 3 nitrogen and oxygen atoms in total. The van der Waals surface area contributed by atoms with E-state index in [1.165, 1.54) is 30.5 Å². The molecule has 0 aliphatic heterocycles. The first kappa shape index (κ1) is 17.2. The van der Waals surface area contributed by atoms with Crippen LogP contribution in [0, 0.1) is 11.3 Å². The predicted octanol–water partition coefficient (Wildman–Crippen LogP) is 5.30. The van der Waals surface area contributed by atoms with Gasteiger partial charge in [-0.05, 0) is 49.7 Å². The van der Waals surface area contributed by atoms with Crippen LogP contribution in [-0.4, -0.2) is 12.1 Å². The minimum atomic E-state index is -0.393. The van der Waals surface area contributed by atoms with Gasteiger partial charge in [0.15, 0.2) is 0 Å². The van der Waals surface area contributed by atoms with Gasteiger partial charge in [-0.15, -0.1) is 0 Å². The number of hydrogen-bond acceptors (Lipinski definition) is 3. The molecule has 0 amide bonds. The van der Waals surface area contributed by atoms with Crippen LogP contribution in [0.15, 0.2) is 30.3 Å². The molecule has 0 spiro atoms. The van der Waals surface area contributed by atoms with E-state index in [2.05, 4.69) is 30.3 Å². The zero-order chi connectivity index (χ0) is 18.0. The van der Waals surface area contributed by atoms with Gasteiger partial charge in [0, 0.05) is 18.4 Å². The Morgan fingerprint density at radius 2 is 1.73 bits per heavy atom. The topological polar surface area (TPSA) is 45.9 Å². The average Bonchev–Trinajstić information content (AvgIpc) is 3.06. The molecule has 1 fully saturated rings. The Balaban J connectivity index is 2.02. The molecule has 1 saturated carbocycles. The van der Waals surface area contributed by atoms with Crippen molar-refractivity contribution in [3.8, 4) is 17.2 Å². The summed E-state index contributed by atoms with van der Waals surface area (Å²) in [6.45, 7) is 0. The second kappa shape index (κ2) is 7.21. The summed E-state index contributed by atoms with van der Waals surface area (Å²) < 4.78 is 6.03. The van der Waals surface area contributed by atoms with E-state index in [1.54, 1.807) is 7.11 Å². The number of nitrogens with zero attached hydrogens (tertiary/aromatic N) is 2. The average molecular weight is 346 g/mol. The number of methoxy groups -OCH3 is 1. The van der Waals surface area contributed by atoms with Crippen molar-refractivity contribution in [2.75, 3.05) is 7.11 Å². The minimum absolute atomic E-state index is 0.393. The Morgan fingerprint density at radius 1 is 1.00 bits per heavy atom. The lowest BCUT2D eigenvalue weighted by atomic mass is 9.85. The molecular formula is C23H26N2O. The van der Waals surface area contributed by atoms with Gasteiger partial charge in [0.25, 0.3) is 0 Å². The molecule has 0 unspecified atom stereocenters. The molecule has 4 rings (SSSR count). The Kier molecular flexibility index (Phi) is 4.78. The summed E-state index contributed by atoms with van der Waals surface area (Å²) in [6.07, 6.45) is 9.80. The Bertz CT molecular complexity index is 830.